The molecule has 0 fully saturated rings. The van der Waals surface area contributed by atoms with Crippen LogP contribution in [-0.2, 0) is 0 Å². The summed E-state index contributed by atoms with van der Waals surface area (Å²) in [6.07, 6.45) is 0. The summed E-state index contributed by atoms with van der Waals surface area (Å²) in [5.41, 5.74) is 15.7. The van der Waals surface area contributed by atoms with Gasteiger partial charge in [0.15, 0.2) is 17.5 Å². The van der Waals surface area contributed by atoms with Crippen molar-refractivity contribution in [2.75, 3.05) is 0 Å². The zero-order valence-corrected chi connectivity index (χ0v) is 34.3. The summed E-state index contributed by atoms with van der Waals surface area (Å²) in [5.74, 6) is 1.84. The van der Waals surface area contributed by atoms with Crippen molar-refractivity contribution in [2.45, 2.75) is 0 Å². The smallest absolute Gasteiger partial charge is 0.164 e. The van der Waals surface area contributed by atoms with Crippen molar-refractivity contribution in [3.63, 3.8) is 0 Å². The average Bonchev–Trinajstić information content (AvgIpc) is 3.69. The Hall–Kier alpha value is -7.11. The van der Waals surface area contributed by atoms with Crippen LogP contribution in [-0.4, -0.2) is 54.2 Å². The molecular formula is C51H36B5N3O. The maximum absolute atomic E-state index is 6.67. The Morgan fingerprint density at radius 2 is 0.800 bits per heavy atom. The Morgan fingerprint density at radius 3 is 1.47 bits per heavy atom. The molecule has 0 bridgehead atoms. The van der Waals surface area contributed by atoms with Crippen LogP contribution in [0.1, 0.15) is 0 Å². The molecule has 60 heavy (non-hydrogen) atoms. The molecule has 0 saturated carbocycles. The Labute approximate surface area is 352 Å². The highest BCUT2D eigenvalue weighted by atomic mass is 16.3. The third-order valence-corrected chi connectivity index (χ3v) is 12.9. The van der Waals surface area contributed by atoms with Crippen molar-refractivity contribution in [1.82, 2.24) is 15.0 Å². The number of fused-ring (bicyclic) bond motifs is 9. The topological polar surface area (TPSA) is 51.8 Å². The number of rotatable bonds is 5. The highest BCUT2D eigenvalue weighted by Crippen LogP contribution is 2.41. The van der Waals surface area contributed by atoms with Gasteiger partial charge >= 0.3 is 0 Å². The molecule has 0 amide bonds. The molecule has 9 aromatic carbocycles. The Bertz CT molecular complexity index is 3500. The van der Waals surface area contributed by atoms with Gasteiger partial charge in [0.25, 0.3) is 0 Å². The minimum Gasteiger partial charge on any atom is -0.456 e. The molecular weight excluding hydrogens is 725 g/mol. The molecule has 0 radical (unpaired) electrons. The first kappa shape index (κ1) is 36.0. The van der Waals surface area contributed by atoms with Crippen LogP contribution in [0.3, 0.4) is 0 Å². The van der Waals surface area contributed by atoms with Crippen molar-refractivity contribution < 1.29 is 4.42 Å². The second kappa shape index (κ2) is 14.0. The predicted molar refractivity (Wildman–Crippen MR) is 268 cm³/mol. The molecule has 0 aliphatic carbocycles. The lowest BCUT2D eigenvalue weighted by Crippen LogP contribution is -2.55. The van der Waals surface area contributed by atoms with Crippen molar-refractivity contribution in [2.24, 2.45) is 0 Å². The maximum Gasteiger partial charge on any atom is 0.164 e. The second-order valence-electron chi connectivity index (χ2n) is 16.1. The summed E-state index contributed by atoms with van der Waals surface area (Å²) >= 11 is 0. The lowest BCUT2D eigenvalue weighted by Gasteiger charge is -2.20. The number of benzene rings is 9. The quantitative estimate of drug-likeness (QED) is 0.186. The summed E-state index contributed by atoms with van der Waals surface area (Å²) in [7, 11) is 11.1. The monoisotopic (exact) mass is 761 g/mol. The van der Waals surface area contributed by atoms with Crippen molar-refractivity contribution in [3.8, 4) is 56.4 Å². The molecule has 276 valence electrons. The van der Waals surface area contributed by atoms with Gasteiger partial charge in [-0.3, -0.25) is 0 Å². The van der Waals surface area contributed by atoms with E-state index in [9.17, 15) is 0 Å². The minimum absolute atomic E-state index is 0.592. The summed E-state index contributed by atoms with van der Waals surface area (Å²) in [5, 5.41) is 9.71. The van der Waals surface area contributed by atoms with E-state index >= 15 is 0 Å². The van der Waals surface area contributed by atoms with Gasteiger partial charge in [0, 0.05) is 27.5 Å². The van der Waals surface area contributed by atoms with Gasteiger partial charge in [-0.15, -0.1) is 16.4 Å². The van der Waals surface area contributed by atoms with Gasteiger partial charge in [-0.05, 0) is 84.9 Å². The average molecular weight is 761 g/mol. The van der Waals surface area contributed by atoms with E-state index in [1.165, 1.54) is 65.2 Å². The van der Waals surface area contributed by atoms with Crippen LogP contribution in [0, 0.1) is 0 Å². The summed E-state index contributed by atoms with van der Waals surface area (Å²) in [6.45, 7) is 0. The van der Waals surface area contributed by atoms with Gasteiger partial charge in [-0.2, -0.15) is 0 Å². The SMILES string of the molecule is Bc1c(B)c(B)c(-c2cccc(-c3nc(-c4ccccc4)nc(-c4ccc5c(c4)oc4cccc(-c6ccc7c8ccccc8c8ccccc8c7c6)c45)n3)c2)c(B)c1B. The molecule has 0 aliphatic heterocycles. The van der Waals surface area contributed by atoms with Gasteiger partial charge in [0.1, 0.15) is 50.4 Å². The molecule has 0 N–H and O–H groups in total. The summed E-state index contributed by atoms with van der Waals surface area (Å²) < 4.78 is 6.67. The van der Waals surface area contributed by atoms with E-state index in [1.807, 2.05) is 30.3 Å². The van der Waals surface area contributed by atoms with E-state index in [-0.39, 0.29) is 0 Å². The number of nitrogens with zero attached hydrogens (tertiary/aromatic N) is 3. The fourth-order valence-electron chi connectivity index (χ4n) is 9.38. The first-order valence-electron chi connectivity index (χ1n) is 20.6. The third-order valence-electron chi connectivity index (χ3n) is 12.9. The zero-order valence-electron chi connectivity index (χ0n) is 34.3. The lowest BCUT2D eigenvalue weighted by molar-refractivity contribution is 0.669. The normalized spacial score (nSPS) is 11.7. The van der Waals surface area contributed by atoms with Crippen LogP contribution in [0.2, 0.25) is 0 Å². The second-order valence-corrected chi connectivity index (χ2v) is 16.1. The fourth-order valence-corrected chi connectivity index (χ4v) is 9.38. The number of hydrogen-bond donors (Lipinski definition) is 0. The van der Waals surface area contributed by atoms with E-state index in [1.54, 1.807) is 0 Å². The van der Waals surface area contributed by atoms with E-state index in [4.69, 9.17) is 19.4 Å². The van der Waals surface area contributed by atoms with Gasteiger partial charge in [-0.25, -0.2) is 15.0 Å². The van der Waals surface area contributed by atoms with Crippen LogP contribution in [0.25, 0.3) is 111 Å². The van der Waals surface area contributed by atoms with Gasteiger partial charge in [0.05, 0.1) is 0 Å². The molecule has 0 atom stereocenters. The zero-order chi connectivity index (χ0) is 40.6. The Kier molecular flexibility index (Phi) is 8.42. The van der Waals surface area contributed by atoms with E-state index in [0.29, 0.717) is 17.5 Å². The molecule has 9 heteroatoms. The van der Waals surface area contributed by atoms with Crippen molar-refractivity contribution in [1.29, 1.82) is 0 Å². The van der Waals surface area contributed by atoms with E-state index in [0.717, 1.165) is 55.3 Å². The summed E-state index contributed by atoms with van der Waals surface area (Å²) in [6, 6.07) is 55.8. The first-order chi connectivity index (χ1) is 29.3. The minimum atomic E-state index is 0.592. The molecule has 0 aliphatic rings. The van der Waals surface area contributed by atoms with Crippen LogP contribution < -0.4 is 27.3 Å². The molecule has 11 aromatic rings. The molecule has 2 heterocycles. The number of furan rings is 1. The van der Waals surface area contributed by atoms with Gasteiger partial charge in [-0.1, -0.05) is 138 Å². The van der Waals surface area contributed by atoms with Gasteiger partial charge in [0.2, 0.25) is 0 Å². The molecule has 0 saturated heterocycles. The first-order valence-corrected chi connectivity index (χ1v) is 20.6. The highest BCUT2D eigenvalue weighted by molar-refractivity contribution is 6.68. The van der Waals surface area contributed by atoms with Crippen molar-refractivity contribution in [3.05, 3.63) is 158 Å². The lowest BCUT2D eigenvalue weighted by atomic mass is 9.59. The maximum atomic E-state index is 6.67. The van der Waals surface area contributed by atoms with Crippen LogP contribution >= 0.6 is 0 Å². The predicted octanol–water partition coefficient (Wildman–Crippen LogP) is 4.86. The van der Waals surface area contributed by atoms with Crippen molar-refractivity contribution >= 4 is 121 Å². The van der Waals surface area contributed by atoms with Crippen LogP contribution in [0.15, 0.2) is 162 Å². The standard InChI is InChI=1S/C51H36B5N3O/c52-44-42(45(53)47(55)48(56)46(44)54)29-12-8-13-30(24-29)50-57-49(27-10-2-1-3-11-27)58-51(59-50)31-21-23-38-41(26-31)60-40-19-9-18-32(43(38)40)28-20-22-37-35-16-5-4-14-33(35)34-15-6-7-17-36(34)39(37)25-28/h1-26H,52-56H2. The molecule has 0 spiro atoms. The molecule has 11 rings (SSSR count). The number of hydrogen-bond acceptors (Lipinski definition) is 4. The largest absolute Gasteiger partial charge is 0.456 e. The Balaban J connectivity index is 1.05. The highest BCUT2D eigenvalue weighted by Gasteiger charge is 2.19. The molecule has 4 nitrogen and oxygen atoms in total. The fraction of sp³-hybridized carbons (Fsp3) is 0. The van der Waals surface area contributed by atoms with Gasteiger partial charge < -0.3 is 4.42 Å². The Morgan fingerprint density at radius 1 is 0.317 bits per heavy atom. The van der Waals surface area contributed by atoms with E-state index in [2.05, 4.69) is 167 Å². The van der Waals surface area contributed by atoms with Crippen LogP contribution in [0.5, 0.6) is 0 Å². The van der Waals surface area contributed by atoms with E-state index < -0.39 is 0 Å². The molecule has 2 aromatic heterocycles. The third kappa shape index (κ3) is 5.72. The number of aromatic nitrogens is 3. The summed E-state index contributed by atoms with van der Waals surface area (Å²) in [4.78, 5) is 15.3. The molecule has 0 unspecified atom stereocenters. The van der Waals surface area contributed by atoms with Crippen LogP contribution in [0.4, 0.5) is 0 Å².